The molecule has 0 aliphatic heterocycles. The van der Waals surface area contributed by atoms with E-state index in [9.17, 15) is 18.0 Å². The van der Waals surface area contributed by atoms with Gasteiger partial charge in [-0.15, -0.1) is 0 Å². The number of nitrogens with one attached hydrogen (secondary N) is 1. The van der Waals surface area contributed by atoms with Gasteiger partial charge in [0.1, 0.15) is 0 Å². The van der Waals surface area contributed by atoms with Gasteiger partial charge in [0.05, 0.1) is 12.0 Å². The van der Waals surface area contributed by atoms with Gasteiger partial charge < -0.3 is 5.32 Å². The van der Waals surface area contributed by atoms with Crippen LogP contribution in [0.1, 0.15) is 11.1 Å². The first-order chi connectivity index (χ1) is 9.86. The Hall–Kier alpha value is -1.82. The second-order valence-electron chi connectivity index (χ2n) is 4.40. The summed E-state index contributed by atoms with van der Waals surface area (Å²) >= 11 is 2.85. The van der Waals surface area contributed by atoms with Crippen LogP contribution < -0.4 is 5.32 Å². The summed E-state index contributed by atoms with van der Waals surface area (Å²) in [4.78, 5) is 11.8. The topological polar surface area (TPSA) is 29.1 Å². The third-order valence-corrected chi connectivity index (χ3v) is 3.45. The SMILES string of the molecule is O=C(Cc1ccccc1)Nc1ccc(Br)c(C(F)(F)F)c1. The van der Waals surface area contributed by atoms with Crippen LogP contribution in [0.3, 0.4) is 0 Å². The highest BCUT2D eigenvalue weighted by Gasteiger charge is 2.33. The van der Waals surface area contributed by atoms with Crippen molar-refractivity contribution in [1.82, 2.24) is 0 Å². The van der Waals surface area contributed by atoms with Crippen LogP contribution in [0.5, 0.6) is 0 Å². The first-order valence-electron chi connectivity index (χ1n) is 6.07. The fourth-order valence-electron chi connectivity index (χ4n) is 1.81. The molecule has 2 rings (SSSR count). The summed E-state index contributed by atoms with van der Waals surface area (Å²) in [5.74, 6) is -0.364. The van der Waals surface area contributed by atoms with Crippen molar-refractivity contribution in [3.8, 4) is 0 Å². The Bertz CT molecular complexity index is 641. The van der Waals surface area contributed by atoms with Crippen LogP contribution in [0.4, 0.5) is 18.9 Å². The highest BCUT2D eigenvalue weighted by Crippen LogP contribution is 2.36. The number of rotatable bonds is 3. The van der Waals surface area contributed by atoms with Crippen LogP contribution >= 0.6 is 15.9 Å². The van der Waals surface area contributed by atoms with E-state index < -0.39 is 11.7 Å². The minimum absolute atomic E-state index is 0.0592. The Morgan fingerprint density at radius 1 is 1.10 bits per heavy atom. The number of hydrogen-bond donors (Lipinski definition) is 1. The lowest BCUT2D eigenvalue weighted by Crippen LogP contribution is -2.15. The summed E-state index contributed by atoms with van der Waals surface area (Å²) in [6, 6.07) is 12.6. The molecular formula is C15H11BrF3NO. The summed E-state index contributed by atoms with van der Waals surface area (Å²) in [6.07, 6.45) is -4.36. The standard InChI is InChI=1S/C15H11BrF3NO/c16-13-7-6-11(9-12(13)15(17,18)19)20-14(21)8-10-4-2-1-3-5-10/h1-7,9H,8H2,(H,20,21). The van der Waals surface area contributed by atoms with Gasteiger partial charge in [-0.05, 0) is 23.8 Å². The third-order valence-electron chi connectivity index (χ3n) is 2.76. The maximum Gasteiger partial charge on any atom is 0.417 e. The van der Waals surface area contributed by atoms with Gasteiger partial charge >= 0.3 is 6.18 Å². The summed E-state index contributed by atoms with van der Waals surface area (Å²) in [7, 11) is 0. The average molecular weight is 358 g/mol. The number of carbonyl (C=O) groups excluding carboxylic acids is 1. The summed E-state index contributed by atoms with van der Waals surface area (Å²) in [5, 5.41) is 2.47. The molecule has 0 aromatic heterocycles. The van der Waals surface area contributed by atoms with Crippen molar-refractivity contribution < 1.29 is 18.0 Å². The Balaban J connectivity index is 2.11. The van der Waals surface area contributed by atoms with Crippen molar-refractivity contribution in [2.45, 2.75) is 12.6 Å². The van der Waals surface area contributed by atoms with Crippen molar-refractivity contribution in [2.24, 2.45) is 0 Å². The van der Waals surface area contributed by atoms with Crippen molar-refractivity contribution in [1.29, 1.82) is 0 Å². The van der Waals surface area contributed by atoms with Crippen molar-refractivity contribution in [3.05, 3.63) is 64.1 Å². The molecule has 21 heavy (non-hydrogen) atoms. The third kappa shape index (κ3) is 4.32. The van der Waals surface area contributed by atoms with Gasteiger partial charge in [-0.2, -0.15) is 13.2 Å². The summed E-state index contributed by atoms with van der Waals surface area (Å²) in [5.41, 5.74) is 0.0922. The highest BCUT2D eigenvalue weighted by atomic mass is 79.9. The van der Waals surface area contributed by atoms with Crippen LogP contribution in [0.25, 0.3) is 0 Å². The van der Waals surface area contributed by atoms with Crippen molar-refractivity contribution in [3.63, 3.8) is 0 Å². The molecule has 2 aromatic rings. The van der Waals surface area contributed by atoms with Crippen LogP contribution in [0.15, 0.2) is 53.0 Å². The van der Waals surface area contributed by atoms with Gasteiger partial charge in [-0.3, -0.25) is 4.79 Å². The number of anilines is 1. The molecular weight excluding hydrogens is 347 g/mol. The van der Waals surface area contributed by atoms with Gasteiger partial charge in [0, 0.05) is 10.2 Å². The van der Waals surface area contributed by atoms with Crippen LogP contribution in [0, 0.1) is 0 Å². The predicted molar refractivity (Wildman–Crippen MR) is 77.9 cm³/mol. The van der Waals surface area contributed by atoms with E-state index in [2.05, 4.69) is 21.2 Å². The fourth-order valence-corrected chi connectivity index (χ4v) is 2.28. The number of benzene rings is 2. The van der Waals surface area contributed by atoms with Crippen molar-refractivity contribution in [2.75, 3.05) is 5.32 Å². The van der Waals surface area contributed by atoms with E-state index in [0.717, 1.165) is 11.6 Å². The maximum atomic E-state index is 12.8. The lowest BCUT2D eigenvalue weighted by molar-refractivity contribution is -0.138. The van der Waals surface area contributed by atoms with E-state index in [4.69, 9.17) is 0 Å². The first kappa shape index (κ1) is 15.6. The minimum Gasteiger partial charge on any atom is -0.326 e. The first-order valence-corrected chi connectivity index (χ1v) is 6.86. The summed E-state index contributed by atoms with van der Waals surface area (Å²) in [6.45, 7) is 0. The minimum atomic E-state index is -4.47. The van der Waals surface area contributed by atoms with Gasteiger partial charge in [0.25, 0.3) is 0 Å². The van der Waals surface area contributed by atoms with E-state index in [1.165, 1.54) is 12.1 Å². The molecule has 0 saturated carbocycles. The van der Waals surface area contributed by atoms with Gasteiger partial charge in [0.15, 0.2) is 0 Å². The Morgan fingerprint density at radius 2 is 1.76 bits per heavy atom. The molecule has 0 aliphatic rings. The smallest absolute Gasteiger partial charge is 0.326 e. The van der Waals surface area contributed by atoms with Gasteiger partial charge in [-0.1, -0.05) is 46.3 Å². The normalized spacial score (nSPS) is 11.2. The van der Waals surface area contributed by atoms with Gasteiger partial charge in [0.2, 0.25) is 5.91 Å². The number of alkyl halides is 3. The molecule has 1 N–H and O–H groups in total. The molecule has 0 fully saturated rings. The zero-order chi connectivity index (χ0) is 15.5. The molecule has 0 radical (unpaired) electrons. The van der Waals surface area contributed by atoms with E-state index in [0.29, 0.717) is 0 Å². The van der Waals surface area contributed by atoms with Crippen LogP contribution in [-0.2, 0) is 17.4 Å². The largest absolute Gasteiger partial charge is 0.417 e. The molecule has 6 heteroatoms. The Kier molecular flexibility index (Phi) is 4.67. The molecule has 0 aliphatic carbocycles. The quantitative estimate of drug-likeness (QED) is 0.850. The number of halogens is 4. The molecule has 0 atom stereocenters. The van der Waals surface area contributed by atoms with Crippen LogP contribution in [-0.4, -0.2) is 5.91 Å². The molecule has 0 unspecified atom stereocenters. The van der Waals surface area contributed by atoms with E-state index >= 15 is 0 Å². The average Bonchev–Trinajstić information content (AvgIpc) is 2.41. The molecule has 0 saturated heterocycles. The second-order valence-corrected chi connectivity index (χ2v) is 5.26. The number of carbonyl (C=O) groups is 1. The second kappa shape index (κ2) is 6.30. The molecule has 0 spiro atoms. The molecule has 2 nitrogen and oxygen atoms in total. The fraction of sp³-hybridized carbons (Fsp3) is 0.133. The zero-order valence-corrected chi connectivity index (χ0v) is 12.3. The van der Waals surface area contributed by atoms with Gasteiger partial charge in [-0.25, -0.2) is 0 Å². The molecule has 1 amide bonds. The molecule has 110 valence electrons. The monoisotopic (exact) mass is 357 g/mol. The zero-order valence-electron chi connectivity index (χ0n) is 10.7. The molecule has 0 heterocycles. The van der Waals surface area contributed by atoms with E-state index in [1.807, 2.05) is 6.07 Å². The Morgan fingerprint density at radius 3 is 2.38 bits per heavy atom. The number of hydrogen-bond acceptors (Lipinski definition) is 1. The maximum absolute atomic E-state index is 12.8. The predicted octanol–water partition coefficient (Wildman–Crippen LogP) is 4.65. The van der Waals surface area contributed by atoms with E-state index in [-0.39, 0.29) is 22.5 Å². The number of amides is 1. The molecule has 0 bridgehead atoms. The Labute approximate surface area is 128 Å². The lowest BCUT2D eigenvalue weighted by Gasteiger charge is -2.12. The highest BCUT2D eigenvalue weighted by molar-refractivity contribution is 9.10. The lowest BCUT2D eigenvalue weighted by atomic mass is 10.1. The van der Waals surface area contributed by atoms with Crippen molar-refractivity contribution >= 4 is 27.5 Å². The van der Waals surface area contributed by atoms with Crippen LogP contribution in [0.2, 0.25) is 0 Å². The molecule has 2 aromatic carbocycles. The van der Waals surface area contributed by atoms with E-state index in [1.54, 1.807) is 24.3 Å². The summed E-state index contributed by atoms with van der Waals surface area (Å²) < 4.78 is 38.3.